The van der Waals surface area contributed by atoms with Crippen molar-refractivity contribution in [2.45, 2.75) is 19.8 Å². The van der Waals surface area contributed by atoms with Gasteiger partial charge in [-0.3, -0.25) is 4.79 Å². The fraction of sp³-hybridized carbons (Fsp3) is 0.421. The minimum absolute atomic E-state index is 0.199. The minimum Gasteiger partial charge on any atom is -0.497 e. The number of ether oxygens (including phenoxy) is 2. The standard InChI is InChI=1S/C19H24N4O3/c1-13(2)16-12-17(22-19(21-16)23-8-10-26-11-9-23)18(24)20-14-4-6-15(25-3)7-5-14/h4-7,12-13H,8-11H2,1-3H3,(H,20,24). The number of hydrogen-bond donors (Lipinski definition) is 1. The molecule has 0 spiro atoms. The summed E-state index contributed by atoms with van der Waals surface area (Å²) in [5, 5.41) is 2.88. The lowest BCUT2D eigenvalue weighted by Gasteiger charge is -2.27. The molecule has 0 bridgehead atoms. The monoisotopic (exact) mass is 356 g/mol. The third kappa shape index (κ3) is 4.29. The molecule has 0 atom stereocenters. The Hall–Kier alpha value is -2.67. The zero-order valence-corrected chi connectivity index (χ0v) is 15.4. The third-order valence-electron chi connectivity index (χ3n) is 4.20. The van der Waals surface area contributed by atoms with Gasteiger partial charge in [0.1, 0.15) is 11.4 Å². The summed E-state index contributed by atoms with van der Waals surface area (Å²) >= 11 is 0. The number of methoxy groups -OCH3 is 1. The molecule has 1 aromatic carbocycles. The van der Waals surface area contributed by atoms with Gasteiger partial charge in [0.25, 0.3) is 5.91 Å². The number of amides is 1. The van der Waals surface area contributed by atoms with Crippen LogP contribution < -0.4 is 15.0 Å². The van der Waals surface area contributed by atoms with E-state index in [0.29, 0.717) is 30.5 Å². The number of carbonyl (C=O) groups is 1. The number of nitrogens with zero attached hydrogens (tertiary/aromatic N) is 3. The van der Waals surface area contributed by atoms with Crippen molar-refractivity contribution in [1.29, 1.82) is 0 Å². The predicted octanol–water partition coefficient (Wildman–Crippen LogP) is 2.70. The van der Waals surface area contributed by atoms with Gasteiger partial charge in [-0.2, -0.15) is 0 Å². The van der Waals surface area contributed by atoms with E-state index in [2.05, 4.69) is 34.0 Å². The van der Waals surface area contributed by atoms with Crippen molar-refractivity contribution in [3.63, 3.8) is 0 Å². The summed E-state index contributed by atoms with van der Waals surface area (Å²) in [6.07, 6.45) is 0. The largest absolute Gasteiger partial charge is 0.497 e. The first-order valence-corrected chi connectivity index (χ1v) is 8.74. The number of carbonyl (C=O) groups excluding carboxylic acids is 1. The van der Waals surface area contributed by atoms with E-state index in [1.165, 1.54) is 0 Å². The van der Waals surface area contributed by atoms with E-state index < -0.39 is 0 Å². The van der Waals surface area contributed by atoms with Crippen molar-refractivity contribution >= 4 is 17.5 Å². The number of benzene rings is 1. The van der Waals surface area contributed by atoms with Crippen LogP contribution in [-0.2, 0) is 4.74 Å². The molecule has 3 rings (SSSR count). The van der Waals surface area contributed by atoms with Crippen LogP contribution >= 0.6 is 0 Å². The van der Waals surface area contributed by atoms with Crippen molar-refractivity contribution in [2.75, 3.05) is 43.6 Å². The van der Waals surface area contributed by atoms with Crippen molar-refractivity contribution in [3.8, 4) is 5.75 Å². The maximum Gasteiger partial charge on any atom is 0.274 e. The highest BCUT2D eigenvalue weighted by atomic mass is 16.5. The Morgan fingerprint density at radius 2 is 1.88 bits per heavy atom. The van der Waals surface area contributed by atoms with Gasteiger partial charge in [0.15, 0.2) is 0 Å². The Bertz CT molecular complexity index is 756. The predicted molar refractivity (Wildman–Crippen MR) is 100 cm³/mol. The summed E-state index contributed by atoms with van der Waals surface area (Å²) < 4.78 is 10.5. The smallest absolute Gasteiger partial charge is 0.274 e. The van der Waals surface area contributed by atoms with Gasteiger partial charge >= 0.3 is 0 Å². The van der Waals surface area contributed by atoms with Crippen molar-refractivity contribution in [3.05, 3.63) is 41.7 Å². The lowest BCUT2D eigenvalue weighted by molar-refractivity contribution is 0.102. The molecule has 26 heavy (non-hydrogen) atoms. The van der Waals surface area contributed by atoms with Crippen molar-refractivity contribution < 1.29 is 14.3 Å². The number of aromatic nitrogens is 2. The van der Waals surface area contributed by atoms with Gasteiger partial charge in [-0.15, -0.1) is 0 Å². The van der Waals surface area contributed by atoms with Crippen LogP contribution in [0.4, 0.5) is 11.6 Å². The fourth-order valence-electron chi connectivity index (χ4n) is 2.64. The molecular weight excluding hydrogens is 332 g/mol. The molecule has 1 N–H and O–H groups in total. The van der Waals surface area contributed by atoms with Gasteiger partial charge in [0.05, 0.1) is 20.3 Å². The zero-order chi connectivity index (χ0) is 18.5. The number of nitrogens with one attached hydrogen (secondary N) is 1. The molecule has 1 fully saturated rings. The average molecular weight is 356 g/mol. The highest BCUT2D eigenvalue weighted by molar-refractivity contribution is 6.03. The van der Waals surface area contributed by atoms with E-state index in [4.69, 9.17) is 9.47 Å². The third-order valence-corrected chi connectivity index (χ3v) is 4.20. The molecule has 0 unspecified atom stereocenters. The first kappa shape index (κ1) is 18.1. The SMILES string of the molecule is COc1ccc(NC(=O)c2cc(C(C)C)nc(N3CCOCC3)n2)cc1. The van der Waals surface area contributed by atoms with Gasteiger partial charge in [0, 0.05) is 24.5 Å². The van der Waals surface area contributed by atoms with Crippen LogP contribution in [0, 0.1) is 0 Å². The summed E-state index contributed by atoms with van der Waals surface area (Å²) in [6.45, 7) is 6.83. The number of rotatable bonds is 5. The molecule has 138 valence electrons. The Morgan fingerprint density at radius 3 is 2.50 bits per heavy atom. The van der Waals surface area contributed by atoms with Crippen molar-refractivity contribution in [1.82, 2.24) is 9.97 Å². The van der Waals surface area contributed by atoms with Crippen LogP contribution in [0.2, 0.25) is 0 Å². The molecule has 2 heterocycles. The zero-order valence-electron chi connectivity index (χ0n) is 15.4. The normalized spacial score (nSPS) is 14.4. The van der Waals surface area contributed by atoms with Gasteiger partial charge in [-0.25, -0.2) is 9.97 Å². The topological polar surface area (TPSA) is 76.6 Å². The van der Waals surface area contributed by atoms with Crippen LogP contribution in [0.25, 0.3) is 0 Å². The van der Waals surface area contributed by atoms with E-state index in [1.54, 1.807) is 37.4 Å². The van der Waals surface area contributed by atoms with E-state index in [-0.39, 0.29) is 11.8 Å². The Kier molecular flexibility index (Phi) is 5.68. The Labute approximate surface area is 153 Å². The van der Waals surface area contributed by atoms with Crippen LogP contribution in [0.15, 0.2) is 30.3 Å². The molecule has 1 aromatic heterocycles. The first-order valence-electron chi connectivity index (χ1n) is 8.74. The number of anilines is 2. The molecule has 2 aromatic rings. The van der Waals surface area contributed by atoms with Gasteiger partial charge < -0.3 is 19.7 Å². The van der Waals surface area contributed by atoms with E-state index >= 15 is 0 Å². The lowest BCUT2D eigenvalue weighted by atomic mass is 10.1. The van der Waals surface area contributed by atoms with E-state index in [1.807, 2.05) is 0 Å². The Morgan fingerprint density at radius 1 is 1.19 bits per heavy atom. The number of hydrogen-bond acceptors (Lipinski definition) is 6. The van der Waals surface area contributed by atoms with E-state index in [0.717, 1.165) is 24.5 Å². The molecule has 7 heteroatoms. The van der Waals surface area contributed by atoms with Crippen LogP contribution in [0.3, 0.4) is 0 Å². The molecule has 0 saturated carbocycles. The Balaban J connectivity index is 1.84. The highest BCUT2D eigenvalue weighted by Gasteiger charge is 2.19. The van der Waals surface area contributed by atoms with Gasteiger partial charge in [0.2, 0.25) is 5.95 Å². The maximum absolute atomic E-state index is 12.7. The van der Waals surface area contributed by atoms with E-state index in [9.17, 15) is 4.79 Å². The van der Waals surface area contributed by atoms with Crippen molar-refractivity contribution in [2.24, 2.45) is 0 Å². The maximum atomic E-state index is 12.7. The number of morpholine rings is 1. The van der Waals surface area contributed by atoms with Gasteiger partial charge in [-0.1, -0.05) is 13.8 Å². The first-order chi connectivity index (χ1) is 12.6. The highest BCUT2D eigenvalue weighted by Crippen LogP contribution is 2.20. The summed E-state index contributed by atoms with van der Waals surface area (Å²) in [5.74, 6) is 1.26. The second-order valence-corrected chi connectivity index (χ2v) is 6.41. The molecule has 0 aliphatic carbocycles. The summed E-state index contributed by atoms with van der Waals surface area (Å²) in [6, 6.07) is 8.95. The fourth-order valence-corrected chi connectivity index (χ4v) is 2.64. The second-order valence-electron chi connectivity index (χ2n) is 6.41. The summed E-state index contributed by atoms with van der Waals surface area (Å²) in [7, 11) is 1.61. The molecule has 1 aliphatic heterocycles. The van der Waals surface area contributed by atoms with Crippen LogP contribution in [0.5, 0.6) is 5.75 Å². The summed E-state index contributed by atoms with van der Waals surface area (Å²) in [4.78, 5) is 23.9. The van der Waals surface area contributed by atoms with Crippen LogP contribution in [-0.4, -0.2) is 49.3 Å². The van der Waals surface area contributed by atoms with Gasteiger partial charge in [-0.05, 0) is 36.2 Å². The van der Waals surface area contributed by atoms with Crippen LogP contribution in [0.1, 0.15) is 35.9 Å². The molecule has 1 saturated heterocycles. The quantitative estimate of drug-likeness (QED) is 0.888. The molecule has 7 nitrogen and oxygen atoms in total. The minimum atomic E-state index is -0.256. The molecule has 0 radical (unpaired) electrons. The second kappa shape index (κ2) is 8.14. The molecule has 1 aliphatic rings. The molecular formula is C19H24N4O3. The lowest BCUT2D eigenvalue weighted by Crippen LogP contribution is -2.38. The summed E-state index contributed by atoms with van der Waals surface area (Å²) in [5.41, 5.74) is 1.90. The average Bonchev–Trinajstić information content (AvgIpc) is 2.68. The molecule has 1 amide bonds.